The zero-order chi connectivity index (χ0) is 22.7. The van der Waals surface area contributed by atoms with E-state index in [1.807, 2.05) is 6.92 Å². The molecule has 2 amide bonds. The average Bonchev–Trinajstić information content (AvgIpc) is 3.37. The molecule has 2 N–H and O–H groups in total. The third-order valence-electron chi connectivity index (χ3n) is 5.85. The Morgan fingerprint density at radius 2 is 2.03 bits per heavy atom. The molecule has 0 radical (unpaired) electrons. The fourth-order valence-corrected chi connectivity index (χ4v) is 4.23. The average molecular weight is 448 g/mol. The highest BCUT2D eigenvalue weighted by molar-refractivity contribution is 5.91. The summed E-state index contributed by atoms with van der Waals surface area (Å²) in [6.07, 6.45) is 1.60. The summed E-state index contributed by atoms with van der Waals surface area (Å²) in [6, 6.07) is 4.74. The highest BCUT2D eigenvalue weighted by Crippen LogP contribution is 2.36. The van der Waals surface area contributed by atoms with Crippen molar-refractivity contribution in [3.05, 3.63) is 47.2 Å². The van der Waals surface area contributed by atoms with Crippen LogP contribution in [0.2, 0.25) is 0 Å². The molecule has 8 nitrogen and oxygen atoms in total. The smallest absolute Gasteiger partial charge is 0.410 e. The Morgan fingerprint density at radius 3 is 2.78 bits per heavy atom. The Morgan fingerprint density at radius 1 is 1.25 bits per heavy atom. The summed E-state index contributed by atoms with van der Waals surface area (Å²) in [7, 11) is 0. The van der Waals surface area contributed by atoms with Gasteiger partial charge in [0.25, 0.3) is 0 Å². The number of halogens is 2. The van der Waals surface area contributed by atoms with Crippen molar-refractivity contribution in [2.45, 2.75) is 50.7 Å². The van der Waals surface area contributed by atoms with Crippen molar-refractivity contribution in [1.29, 1.82) is 0 Å². The third-order valence-corrected chi connectivity index (χ3v) is 5.85. The third kappa shape index (κ3) is 5.42. The molecule has 32 heavy (non-hydrogen) atoms. The van der Waals surface area contributed by atoms with Crippen LogP contribution >= 0.6 is 0 Å². The first kappa shape index (κ1) is 22.2. The van der Waals surface area contributed by atoms with E-state index in [9.17, 15) is 18.4 Å². The van der Waals surface area contributed by atoms with Gasteiger partial charge in [0.15, 0.2) is 5.82 Å². The topological polar surface area (TPSA) is 96.6 Å². The normalized spacial score (nSPS) is 23.2. The maximum Gasteiger partial charge on any atom is 0.410 e. The second-order valence-corrected chi connectivity index (χ2v) is 8.34. The summed E-state index contributed by atoms with van der Waals surface area (Å²) in [6.45, 7) is 3.49. The lowest BCUT2D eigenvalue weighted by atomic mass is 10.0. The van der Waals surface area contributed by atoms with Gasteiger partial charge in [0.1, 0.15) is 17.7 Å². The van der Waals surface area contributed by atoms with E-state index in [0.717, 1.165) is 36.7 Å². The molecule has 0 bridgehead atoms. The molecule has 2 aromatic rings. The number of carbonyl (C=O) groups excluding carboxylic acids is 2. The van der Waals surface area contributed by atoms with Crippen LogP contribution in [0.15, 0.2) is 24.3 Å². The molecule has 0 spiro atoms. The molecule has 3 atom stereocenters. The Balaban J connectivity index is 1.28. The van der Waals surface area contributed by atoms with E-state index in [1.54, 1.807) is 11.0 Å². The summed E-state index contributed by atoms with van der Waals surface area (Å²) >= 11 is 0. The van der Waals surface area contributed by atoms with Crippen molar-refractivity contribution in [2.24, 2.45) is 0 Å². The Bertz CT molecular complexity index is 962. The molecule has 2 fully saturated rings. The predicted molar refractivity (Wildman–Crippen MR) is 111 cm³/mol. The summed E-state index contributed by atoms with van der Waals surface area (Å²) in [4.78, 5) is 26.4. The van der Waals surface area contributed by atoms with Gasteiger partial charge in [-0.3, -0.25) is 9.89 Å². The lowest BCUT2D eigenvalue weighted by Crippen LogP contribution is -2.48. The van der Waals surface area contributed by atoms with Crippen molar-refractivity contribution >= 4 is 17.8 Å². The lowest BCUT2D eigenvalue weighted by Gasteiger charge is -2.33. The van der Waals surface area contributed by atoms with E-state index in [4.69, 9.17) is 9.47 Å². The van der Waals surface area contributed by atoms with Crippen LogP contribution < -0.4 is 5.32 Å². The minimum absolute atomic E-state index is 0.00361. The van der Waals surface area contributed by atoms with Gasteiger partial charge < -0.3 is 19.7 Å². The fraction of sp³-hybridized carbons (Fsp3) is 0.500. The molecule has 2 heterocycles. The van der Waals surface area contributed by atoms with Gasteiger partial charge in [-0.1, -0.05) is 0 Å². The quantitative estimate of drug-likeness (QED) is 0.731. The number of aromatic nitrogens is 2. The number of ether oxygens (including phenoxy) is 2. The number of rotatable bonds is 5. The first-order valence-electron chi connectivity index (χ1n) is 10.7. The van der Waals surface area contributed by atoms with E-state index in [-0.39, 0.29) is 36.1 Å². The number of amides is 2. The minimum Gasteiger partial charge on any atom is -0.446 e. The molecule has 172 valence electrons. The van der Waals surface area contributed by atoms with E-state index in [1.165, 1.54) is 0 Å². The molecule has 1 aliphatic carbocycles. The van der Waals surface area contributed by atoms with Gasteiger partial charge >= 0.3 is 6.09 Å². The van der Waals surface area contributed by atoms with Crippen LogP contribution in [0.3, 0.4) is 0 Å². The van der Waals surface area contributed by atoms with Crippen LogP contribution in [-0.2, 0) is 20.7 Å². The van der Waals surface area contributed by atoms with Crippen molar-refractivity contribution < 1.29 is 27.8 Å². The van der Waals surface area contributed by atoms with Crippen LogP contribution in [0, 0.1) is 11.6 Å². The van der Waals surface area contributed by atoms with Crippen LogP contribution in [0.5, 0.6) is 0 Å². The molecule has 10 heteroatoms. The van der Waals surface area contributed by atoms with Crippen LogP contribution in [0.4, 0.5) is 19.4 Å². The molecule has 1 aromatic heterocycles. The second kappa shape index (κ2) is 9.64. The molecule has 4 rings (SSSR count). The first-order valence-corrected chi connectivity index (χ1v) is 10.7. The number of carbonyl (C=O) groups is 2. The second-order valence-electron chi connectivity index (χ2n) is 8.34. The zero-order valence-corrected chi connectivity index (χ0v) is 17.8. The largest absolute Gasteiger partial charge is 0.446 e. The number of H-pyrrole nitrogens is 1. The van der Waals surface area contributed by atoms with Gasteiger partial charge in [0.05, 0.1) is 25.7 Å². The Labute approximate surface area is 184 Å². The van der Waals surface area contributed by atoms with Crippen LogP contribution in [0.1, 0.15) is 43.4 Å². The number of anilines is 1. The van der Waals surface area contributed by atoms with Crippen molar-refractivity contribution in [2.75, 3.05) is 25.1 Å². The van der Waals surface area contributed by atoms with Crippen molar-refractivity contribution in [3.63, 3.8) is 0 Å². The summed E-state index contributed by atoms with van der Waals surface area (Å²) in [5, 5.41) is 9.67. The first-order chi connectivity index (χ1) is 15.4. The van der Waals surface area contributed by atoms with Crippen molar-refractivity contribution in [1.82, 2.24) is 15.1 Å². The monoisotopic (exact) mass is 448 g/mol. The maximum atomic E-state index is 13.3. The predicted octanol–water partition coefficient (Wildman–Crippen LogP) is 3.36. The number of nitrogens with one attached hydrogen (secondary N) is 2. The van der Waals surface area contributed by atoms with Crippen LogP contribution in [0.25, 0.3) is 0 Å². The van der Waals surface area contributed by atoms with E-state index in [0.29, 0.717) is 32.0 Å². The molecule has 1 saturated carbocycles. The lowest BCUT2D eigenvalue weighted by molar-refractivity contribution is -0.115. The number of hydrogen-bond acceptors (Lipinski definition) is 5. The molecule has 1 aromatic carbocycles. The van der Waals surface area contributed by atoms with Gasteiger partial charge in [-0.25, -0.2) is 13.6 Å². The number of aromatic amines is 1. The Kier molecular flexibility index (Phi) is 6.69. The fourth-order valence-electron chi connectivity index (χ4n) is 4.23. The summed E-state index contributed by atoms with van der Waals surface area (Å²) < 4.78 is 37.6. The van der Waals surface area contributed by atoms with Gasteiger partial charge in [-0.2, -0.15) is 5.10 Å². The number of morpholine rings is 1. The van der Waals surface area contributed by atoms with Crippen LogP contribution in [-0.4, -0.2) is 59.0 Å². The highest BCUT2D eigenvalue weighted by Gasteiger charge is 2.33. The van der Waals surface area contributed by atoms with E-state index >= 15 is 0 Å². The van der Waals surface area contributed by atoms with Gasteiger partial charge in [0, 0.05) is 30.3 Å². The SMILES string of the molecule is C[C@@H]1COCCN1C(=O)O[C@@H]1CC[C@H](c2cc(NC(=O)Cc3cc(F)cc(F)c3)n[nH]2)C1. The molecule has 2 aliphatic rings. The van der Waals surface area contributed by atoms with E-state index in [2.05, 4.69) is 15.5 Å². The number of hydrogen-bond donors (Lipinski definition) is 2. The van der Waals surface area contributed by atoms with E-state index < -0.39 is 17.5 Å². The summed E-state index contributed by atoms with van der Waals surface area (Å²) in [5.74, 6) is -1.41. The number of nitrogens with zero attached hydrogens (tertiary/aromatic N) is 2. The molecule has 0 unspecified atom stereocenters. The minimum atomic E-state index is -0.727. The maximum absolute atomic E-state index is 13.3. The molecule has 1 saturated heterocycles. The molecule has 1 aliphatic heterocycles. The number of benzene rings is 1. The molecular weight excluding hydrogens is 422 g/mol. The van der Waals surface area contributed by atoms with Gasteiger partial charge in [-0.05, 0) is 43.9 Å². The van der Waals surface area contributed by atoms with Gasteiger partial charge in [-0.15, -0.1) is 0 Å². The standard InChI is InChI=1S/C22H26F2N4O4/c1-13-12-31-5-4-28(13)22(30)32-18-3-2-15(9-18)19-11-20(27-26-19)25-21(29)8-14-6-16(23)10-17(24)7-14/h6-7,10-11,13,15,18H,2-5,8-9,12H2,1H3,(H2,25,26,27,29)/t13-,15+,18-/m1/s1. The molecular formula is C22H26F2N4O4. The highest BCUT2D eigenvalue weighted by atomic mass is 19.1. The van der Waals surface area contributed by atoms with Crippen molar-refractivity contribution in [3.8, 4) is 0 Å². The summed E-state index contributed by atoms with van der Waals surface area (Å²) in [5.41, 5.74) is 1.08. The zero-order valence-electron chi connectivity index (χ0n) is 17.8. The Hall–Kier alpha value is -3.01. The van der Waals surface area contributed by atoms with Gasteiger partial charge in [0.2, 0.25) is 5.91 Å².